The van der Waals surface area contributed by atoms with Crippen LogP contribution in [0.4, 0.5) is 0 Å². The average molecular weight is 641 g/mol. The fourth-order valence-electron chi connectivity index (χ4n) is 5.68. The van der Waals surface area contributed by atoms with Gasteiger partial charge in [-0.15, -0.1) is 0 Å². The van der Waals surface area contributed by atoms with Crippen molar-refractivity contribution < 1.29 is 28.5 Å². The molecular weight excluding hydrogens is 597 g/mol. The number of esters is 2. The number of hydrogen-bond donors (Lipinski definition) is 0. The summed E-state index contributed by atoms with van der Waals surface area (Å²) in [5, 5.41) is 9.52. The molecule has 1 aromatic carbocycles. The summed E-state index contributed by atoms with van der Waals surface area (Å²) in [6.45, 7) is 19.9. The number of allylic oxidation sites excluding steroid dienone is 1. The van der Waals surface area contributed by atoms with E-state index in [1.807, 2.05) is 59.7 Å². The minimum atomic E-state index is -0.476. The van der Waals surface area contributed by atoms with Gasteiger partial charge in [-0.3, -0.25) is 9.59 Å². The van der Waals surface area contributed by atoms with E-state index in [9.17, 15) is 14.9 Å². The summed E-state index contributed by atoms with van der Waals surface area (Å²) in [5.74, 6) is 1.77. The fourth-order valence-corrected chi connectivity index (χ4v) is 8.19. The molecule has 0 amide bonds. The van der Waals surface area contributed by atoms with E-state index in [1.165, 1.54) is 23.5 Å². The molecule has 0 spiro atoms. The minimum Gasteiger partial charge on any atom is -0.492 e. The van der Waals surface area contributed by atoms with Gasteiger partial charge >= 0.3 is 11.9 Å². The van der Waals surface area contributed by atoms with Crippen LogP contribution in [0.3, 0.4) is 0 Å². The first-order valence-electron chi connectivity index (χ1n) is 15.5. The van der Waals surface area contributed by atoms with Gasteiger partial charge in [0.05, 0.1) is 51.7 Å². The maximum Gasteiger partial charge on any atom is 0.309 e. The lowest BCUT2D eigenvalue weighted by Gasteiger charge is -2.30. The normalized spacial score (nSPS) is 23.5. The molecule has 0 atom stereocenters. The summed E-state index contributed by atoms with van der Waals surface area (Å²) >= 11 is 2.78. The van der Waals surface area contributed by atoms with Gasteiger partial charge < -0.3 is 18.9 Å². The van der Waals surface area contributed by atoms with E-state index in [-0.39, 0.29) is 29.5 Å². The zero-order valence-electron chi connectivity index (χ0n) is 26.7. The third kappa shape index (κ3) is 9.34. The van der Waals surface area contributed by atoms with E-state index in [2.05, 4.69) is 4.85 Å². The van der Waals surface area contributed by atoms with Crippen molar-refractivity contribution in [1.82, 2.24) is 0 Å². The Kier molecular flexibility index (Phi) is 11.2. The predicted octanol–water partition coefficient (Wildman–Crippen LogP) is 8.55. The number of nitrogens with zero attached hydrogens (tertiary/aromatic N) is 2. The van der Waals surface area contributed by atoms with Gasteiger partial charge in [0, 0.05) is 0 Å². The Balaban J connectivity index is 1.37. The van der Waals surface area contributed by atoms with Crippen LogP contribution in [0, 0.1) is 41.6 Å². The zero-order chi connectivity index (χ0) is 32.1. The van der Waals surface area contributed by atoms with E-state index in [4.69, 9.17) is 25.5 Å². The molecule has 1 aliphatic heterocycles. The highest BCUT2D eigenvalue weighted by molar-refractivity contribution is 8.24. The largest absolute Gasteiger partial charge is 0.492 e. The number of rotatable bonds is 8. The molecule has 0 radical (unpaired) electrons. The highest BCUT2D eigenvalue weighted by atomic mass is 32.2. The highest BCUT2D eigenvalue weighted by Gasteiger charge is 2.33. The molecule has 1 aromatic rings. The molecule has 4 rings (SSSR count). The summed E-state index contributed by atoms with van der Waals surface area (Å²) in [6.07, 6.45) is 6.76. The van der Waals surface area contributed by atoms with Crippen LogP contribution in [0.15, 0.2) is 31.9 Å². The Labute approximate surface area is 270 Å². The van der Waals surface area contributed by atoms with E-state index >= 15 is 0 Å². The molecule has 44 heavy (non-hydrogen) atoms. The molecule has 2 fully saturated rings. The first-order valence-corrected chi connectivity index (χ1v) is 17.2. The second-order valence-electron chi connectivity index (χ2n) is 13.9. The standard InChI is InChI=1S/C34H44N2O6S2/c1-33(2,3)41-30(37)23-12-8-21(9-13-23)19-39-26-16-17-27(29-28(26)43-32(44-29)25(18-35)36-7)40-20-22-10-14-24(15-11-22)31(38)42-34(4,5)6/h16-17,21-24H,8-15,19-20H2,1-6H3. The maximum absolute atomic E-state index is 12.5. The summed E-state index contributed by atoms with van der Waals surface area (Å²) in [7, 11) is 0. The van der Waals surface area contributed by atoms with Gasteiger partial charge in [0.2, 0.25) is 0 Å². The van der Waals surface area contributed by atoms with E-state index in [1.54, 1.807) is 0 Å². The van der Waals surface area contributed by atoms with Gasteiger partial charge in [0.15, 0.2) is 0 Å². The van der Waals surface area contributed by atoms with Crippen molar-refractivity contribution in [2.45, 2.75) is 114 Å². The topological polar surface area (TPSA) is 99.2 Å². The fraction of sp³-hybridized carbons (Fsp3) is 0.647. The highest BCUT2D eigenvalue weighted by Crippen LogP contribution is 2.59. The zero-order valence-corrected chi connectivity index (χ0v) is 28.3. The van der Waals surface area contributed by atoms with E-state index in [0.717, 1.165) is 61.2 Å². The van der Waals surface area contributed by atoms with Gasteiger partial charge in [-0.25, -0.2) is 10.1 Å². The smallest absolute Gasteiger partial charge is 0.309 e. The molecule has 2 aliphatic carbocycles. The SMILES string of the molecule is [C-]#[N+]C(C#N)=C1Sc2c(OCC3CCC(C(=O)OC(C)(C)C)CC3)ccc(OCC3CCC(C(=O)OC(C)(C)C)CC3)c2S1. The maximum atomic E-state index is 12.5. The van der Waals surface area contributed by atoms with Gasteiger partial charge in [0.25, 0.3) is 5.70 Å². The van der Waals surface area contributed by atoms with Crippen molar-refractivity contribution in [2.24, 2.45) is 23.7 Å². The van der Waals surface area contributed by atoms with Crippen LogP contribution in [-0.4, -0.2) is 36.4 Å². The Hall–Kier alpha value is -2.82. The van der Waals surface area contributed by atoms with Crippen LogP contribution in [0.5, 0.6) is 11.5 Å². The average Bonchev–Trinajstić information content (AvgIpc) is 3.40. The van der Waals surface area contributed by atoms with Crippen LogP contribution in [0.1, 0.15) is 92.9 Å². The van der Waals surface area contributed by atoms with Crippen molar-refractivity contribution in [3.05, 3.63) is 33.5 Å². The minimum absolute atomic E-state index is 0.0591. The third-order valence-electron chi connectivity index (χ3n) is 7.96. The first kappa shape index (κ1) is 34.1. The van der Waals surface area contributed by atoms with Gasteiger partial charge in [0.1, 0.15) is 22.7 Å². The lowest BCUT2D eigenvalue weighted by atomic mass is 9.82. The molecular formula is C34H44N2O6S2. The van der Waals surface area contributed by atoms with Crippen LogP contribution in [0.25, 0.3) is 4.85 Å². The summed E-state index contributed by atoms with van der Waals surface area (Å²) in [6, 6.07) is 5.85. The Bertz CT molecular complexity index is 1230. The molecule has 0 saturated heterocycles. The molecule has 0 N–H and O–H groups in total. The van der Waals surface area contributed by atoms with E-state index in [0.29, 0.717) is 40.8 Å². The molecule has 0 unspecified atom stereocenters. The summed E-state index contributed by atoms with van der Waals surface area (Å²) < 4.78 is 24.5. The molecule has 2 saturated carbocycles. The Morgan fingerprint density at radius 1 is 0.795 bits per heavy atom. The molecule has 3 aliphatic rings. The number of carbonyl (C=O) groups is 2. The number of benzene rings is 1. The predicted molar refractivity (Wildman–Crippen MR) is 171 cm³/mol. The molecule has 1 heterocycles. The monoisotopic (exact) mass is 640 g/mol. The number of thioether (sulfide) groups is 2. The first-order chi connectivity index (χ1) is 20.8. The molecule has 8 nitrogen and oxygen atoms in total. The third-order valence-corrected chi connectivity index (χ3v) is 10.6. The van der Waals surface area contributed by atoms with Crippen molar-refractivity contribution in [2.75, 3.05) is 13.2 Å². The quantitative estimate of drug-likeness (QED) is 0.157. The van der Waals surface area contributed by atoms with Crippen LogP contribution in [-0.2, 0) is 19.1 Å². The lowest BCUT2D eigenvalue weighted by Crippen LogP contribution is -2.31. The van der Waals surface area contributed by atoms with E-state index < -0.39 is 11.2 Å². The van der Waals surface area contributed by atoms with Crippen LogP contribution >= 0.6 is 23.5 Å². The number of ether oxygens (including phenoxy) is 4. The molecule has 0 bridgehead atoms. The van der Waals surface area contributed by atoms with Crippen molar-refractivity contribution in [1.29, 1.82) is 5.26 Å². The number of carbonyl (C=O) groups excluding carboxylic acids is 2. The summed E-state index contributed by atoms with van der Waals surface area (Å²) in [5.41, 5.74) is -0.888. The summed E-state index contributed by atoms with van der Waals surface area (Å²) in [4.78, 5) is 30.2. The second-order valence-corrected chi connectivity index (χ2v) is 16.2. The number of hydrogen-bond acceptors (Lipinski definition) is 9. The molecule has 238 valence electrons. The van der Waals surface area contributed by atoms with Crippen molar-refractivity contribution >= 4 is 35.5 Å². The lowest BCUT2D eigenvalue weighted by molar-refractivity contribution is -0.162. The Morgan fingerprint density at radius 3 is 1.50 bits per heavy atom. The van der Waals surface area contributed by atoms with Crippen molar-refractivity contribution in [3.63, 3.8) is 0 Å². The van der Waals surface area contributed by atoms with Gasteiger partial charge in [-0.1, -0.05) is 23.5 Å². The molecule has 10 heteroatoms. The number of fused-ring (bicyclic) bond motifs is 1. The van der Waals surface area contributed by atoms with Crippen molar-refractivity contribution in [3.8, 4) is 17.6 Å². The number of nitriles is 1. The van der Waals surface area contributed by atoms with Gasteiger partial charge in [-0.05, 0) is 117 Å². The van der Waals surface area contributed by atoms with Gasteiger partial charge in [-0.2, -0.15) is 0 Å². The van der Waals surface area contributed by atoms with Crippen LogP contribution in [0.2, 0.25) is 0 Å². The van der Waals surface area contributed by atoms with Crippen LogP contribution < -0.4 is 9.47 Å². The second kappa shape index (κ2) is 14.5. The Morgan fingerprint density at radius 2 is 1.18 bits per heavy atom. The molecule has 0 aromatic heterocycles.